The van der Waals surface area contributed by atoms with Gasteiger partial charge in [-0.25, -0.2) is 4.39 Å². The average Bonchev–Trinajstić information content (AvgIpc) is 3.21. The van der Waals surface area contributed by atoms with Gasteiger partial charge < -0.3 is 15.4 Å². The van der Waals surface area contributed by atoms with Crippen LogP contribution < -0.4 is 20.4 Å². The number of ether oxygens (including phenoxy) is 1. The predicted octanol–water partition coefficient (Wildman–Crippen LogP) is 2.59. The highest BCUT2D eigenvalue weighted by Crippen LogP contribution is 2.27. The van der Waals surface area contributed by atoms with E-state index >= 15 is 0 Å². The fourth-order valence-corrected chi connectivity index (χ4v) is 3.25. The van der Waals surface area contributed by atoms with Crippen LogP contribution in [0.15, 0.2) is 53.6 Å². The van der Waals surface area contributed by atoms with Gasteiger partial charge in [0, 0.05) is 18.7 Å². The standard InChI is InChI=1S/C22H22FN5O3/c1-2-31-18-10-8-16(9-11-18)27(13-3-12-24)22(30)19-14-20(21(25)29)28(26-19)17-6-4-15(23)5-7-17/h4-11,20H,2-3,13-14H2,1H3,(H2,25,29). The molecule has 0 saturated heterocycles. The lowest BCUT2D eigenvalue weighted by molar-refractivity contribution is -0.119. The lowest BCUT2D eigenvalue weighted by Gasteiger charge is -2.22. The second-order valence-corrected chi connectivity index (χ2v) is 6.78. The first-order valence-electron chi connectivity index (χ1n) is 9.78. The Labute approximate surface area is 179 Å². The number of amides is 2. The average molecular weight is 423 g/mol. The fraction of sp³-hybridized carbons (Fsp3) is 0.273. The normalized spacial score (nSPS) is 15.2. The molecule has 1 aliphatic heterocycles. The van der Waals surface area contributed by atoms with Crippen molar-refractivity contribution in [1.82, 2.24) is 0 Å². The Hall–Kier alpha value is -3.93. The van der Waals surface area contributed by atoms with E-state index in [9.17, 15) is 14.0 Å². The summed E-state index contributed by atoms with van der Waals surface area (Å²) in [5.41, 5.74) is 6.66. The highest BCUT2D eigenvalue weighted by atomic mass is 19.1. The van der Waals surface area contributed by atoms with Gasteiger partial charge in [-0.1, -0.05) is 0 Å². The van der Waals surface area contributed by atoms with Crippen LogP contribution in [0, 0.1) is 17.1 Å². The number of rotatable bonds is 8. The summed E-state index contributed by atoms with van der Waals surface area (Å²) in [5.74, 6) is -0.860. The van der Waals surface area contributed by atoms with E-state index in [0.29, 0.717) is 23.7 Å². The number of halogens is 1. The van der Waals surface area contributed by atoms with Crippen LogP contribution in [-0.4, -0.2) is 36.7 Å². The van der Waals surface area contributed by atoms with Crippen molar-refractivity contribution >= 4 is 28.9 Å². The van der Waals surface area contributed by atoms with Crippen molar-refractivity contribution in [2.24, 2.45) is 10.8 Å². The van der Waals surface area contributed by atoms with Crippen LogP contribution in [0.2, 0.25) is 0 Å². The SMILES string of the molecule is CCOc1ccc(N(CCC#N)C(=O)C2=NN(c3ccc(F)cc3)C(C(N)=O)C2)cc1. The number of hydrazone groups is 1. The van der Waals surface area contributed by atoms with Crippen LogP contribution in [0.3, 0.4) is 0 Å². The lowest BCUT2D eigenvalue weighted by Crippen LogP contribution is -2.40. The van der Waals surface area contributed by atoms with Gasteiger partial charge >= 0.3 is 0 Å². The summed E-state index contributed by atoms with van der Waals surface area (Å²) in [5, 5.41) is 14.7. The number of primary amides is 1. The molecule has 1 atom stereocenters. The third-order valence-corrected chi connectivity index (χ3v) is 4.73. The van der Waals surface area contributed by atoms with Crippen LogP contribution >= 0.6 is 0 Å². The molecule has 9 heteroatoms. The molecule has 2 aromatic carbocycles. The van der Waals surface area contributed by atoms with Gasteiger partial charge in [-0.2, -0.15) is 10.4 Å². The van der Waals surface area contributed by atoms with Gasteiger partial charge in [-0.15, -0.1) is 0 Å². The van der Waals surface area contributed by atoms with Crippen LogP contribution in [0.25, 0.3) is 0 Å². The van der Waals surface area contributed by atoms with Crippen LogP contribution in [0.5, 0.6) is 5.75 Å². The fourth-order valence-electron chi connectivity index (χ4n) is 3.25. The Morgan fingerprint density at radius 3 is 2.52 bits per heavy atom. The van der Waals surface area contributed by atoms with Crippen molar-refractivity contribution < 1.29 is 18.7 Å². The van der Waals surface area contributed by atoms with Gasteiger partial charge in [0.05, 0.1) is 24.8 Å². The monoisotopic (exact) mass is 423 g/mol. The van der Waals surface area contributed by atoms with Crippen molar-refractivity contribution in [3.63, 3.8) is 0 Å². The largest absolute Gasteiger partial charge is 0.494 e. The van der Waals surface area contributed by atoms with Gasteiger partial charge in [0.25, 0.3) is 5.91 Å². The third-order valence-electron chi connectivity index (χ3n) is 4.73. The minimum absolute atomic E-state index is 0.00558. The van der Waals surface area contributed by atoms with Crippen molar-refractivity contribution in [2.75, 3.05) is 23.1 Å². The Kier molecular flexibility index (Phi) is 6.82. The van der Waals surface area contributed by atoms with E-state index in [-0.39, 0.29) is 25.1 Å². The summed E-state index contributed by atoms with van der Waals surface area (Å²) in [6.07, 6.45) is 0.124. The molecule has 8 nitrogen and oxygen atoms in total. The Morgan fingerprint density at radius 1 is 1.26 bits per heavy atom. The molecular formula is C22H22FN5O3. The summed E-state index contributed by atoms with van der Waals surface area (Å²) in [6, 6.07) is 13.5. The van der Waals surface area contributed by atoms with Gasteiger partial charge in [0.1, 0.15) is 23.3 Å². The summed E-state index contributed by atoms with van der Waals surface area (Å²) >= 11 is 0. The predicted molar refractivity (Wildman–Crippen MR) is 114 cm³/mol. The van der Waals surface area contributed by atoms with Gasteiger partial charge in [-0.3, -0.25) is 14.6 Å². The van der Waals surface area contributed by atoms with E-state index in [1.807, 2.05) is 13.0 Å². The maximum absolute atomic E-state index is 13.3. The number of benzene rings is 2. The summed E-state index contributed by atoms with van der Waals surface area (Å²) in [7, 11) is 0. The molecule has 1 unspecified atom stereocenters. The minimum atomic E-state index is -0.873. The number of nitriles is 1. The molecule has 1 heterocycles. The maximum Gasteiger partial charge on any atom is 0.274 e. The zero-order chi connectivity index (χ0) is 22.4. The number of hydrogen-bond donors (Lipinski definition) is 1. The number of nitrogens with two attached hydrogens (primary N) is 1. The minimum Gasteiger partial charge on any atom is -0.494 e. The molecule has 0 saturated carbocycles. The van der Waals surface area contributed by atoms with Crippen molar-refractivity contribution in [2.45, 2.75) is 25.8 Å². The Bertz CT molecular complexity index is 1010. The van der Waals surface area contributed by atoms with Crippen molar-refractivity contribution in [3.8, 4) is 11.8 Å². The molecule has 2 amide bonds. The Balaban J connectivity index is 1.90. The Morgan fingerprint density at radius 2 is 1.94 bits per heavy atom. The number of hydrogen-bond acceptors (Lipinski definition) is 6. The molecular weight excluding hydrogens is 401 g/mol. The van der Waals surface area contributed by atoms with Crippen molar-refractivity contribution in [1.29, 1.82) is 5.26 Å². The highest BCUT2D eigenvalue weighted by molar-refractivity contribution is 6.45. The maximum atomic E-state index is 13.3. The van der Waals surface area contributed by atoms with Gasteiger partial charge in [0.2, 0.25) is 5.91 Å². The third kappa shape index (κ3) is 4.98. The van der Waals surface area contributed by atoms with E-state index in [0.717, 1.165) is 0 Å². The quantitative estimate of drug-likeness (QED) is 0.701. The first kappa shape index (κ1) is 21.8. The van der Waals surface area contributed by atoms with E-state index < -0.39 is 23.7 Å². The first-order chi connectivity index (χ1) is 14.9. The number of carbonyl (C=O) groups excluding carboxylic acids is 2. The number of nitrogens with zero attached hydrogens (tertiary/aromatic N) is 4. The van der Waals surface area contributed by atoms with E-state index in [4.69, 9.17) is 15.7 Å². The van der Waals surface area contributed by atoms with E-state index in [2.05, 4.69) is 5.10 Å². The molecule has 3 rings (SSSR count). The molecule has 0 radical (unpaired) electrons. The number of anilines is 2. The van der Waals surface area contributed by atoms with Crippen LogP contribution in [0.4, 0.5) is 15.8 Å². The van der Waals surface area contributed by atoms with Crippen molar-refractivity contribution in [3.05, 3.63) is 54.3 Å². The highest BCUT2D eigenvalue weighted by Gasteiger charge is 2.36. The summed E-state index contributed by atoms with van der Waals surface area (Å²) in [6.45, 7) is 2.54. The second-order valence-electron chi connectivity index (χ2n) is 6.78. The first-order valence-corrected chi connectivity index (χ1v) is 9.78. The molecule has 0 bridgehead atoms. The zero-order valence-electron chi connectivity index (χ0n) is 17.0. The van der Waals surface area contributed by atoms with Gasteiger partial charge in [0.15, 0.2) is 0 Å². The zero-order valence-corrected chi connectivity index (χ0v) is 17.0. The van der Waals surface area contributed by atoms with Gasteiger partial charge in [-0.05, 0) is 55.5 Å². The summed E-state index contributed by atoms with van der Waals surface area (Å²) < 4.78 is 18.7. The smallest absolute Gasteiger partial charge is 0.274 e. The molecule has 0 aliphatic carbocycles. The van der Waals surface area contributed by atoms with E-state index in [1.165, 1.54) is 34.2 Å². The second kappa shape index (κ2) is 9.71. The molecule has 0 fully saturated rings. The molecule has 2 N–H and O–H groups in total. The lowest BCUT2D eigenvalue weighted by atomic mass is 10.1. The topological polar surface area (TPSA) is 112 Å². The molecule has 0 spiro atoms. The van der Waals surface area contributed by atoms with Crippen LogP contribution in [-0.2, 0) is 9.59 Å². The number of carbonyl (C=O) groups is 2. The molecule has 160 valence electrons. The molecule has 0 aromatic heterocycles. The van der Waals surface area contributed by atoms with Crippen LogP contribution in [0.1, 0.15) is 19.8 Å². The van der Waals surface area contributed by atoms with E-state index in [1.54, 1.807) is 24.3 Å². The molecule has 1 aliphatic rings. The molecule has 31 heavy (non-hydrogen) atoms. The summed E-state index contributed by atoms with van der Waals surface area (Å²) in [4.78, 5) is 26.7. The molecule has 2 aromatic rings.